The molecule has 0 aliphatic rings. The first-order valence-corrected chi connectivity index (χ1v) is 12.3. The van der Waals surface area contributed by atoms with Crippen molar-refractivity contribution < 1.29 is 14.4 Å². The molecule has 0 aliphatic heterocycles. The average Bonchev–Trinajstić information content (AvgIpc) is 2.96. The molecule has 0 saturated heterocycles. The topological polar surface area (TPSA) is 90.5 Å². The molecule has 7 nitrogen and oxygen atoms in total. The summed E-state index contributed by atoms with van der Waals surface area (Å²) in [5, 5.41) is 8.85. The lowest BCUT2D eigenvalue weighted by Crippen LogP contribution is -2.27. The molecule has 1 unspecified atom stereocenters. The minimum absolute atomic E-state index is 0.0265. The summed E-state index contributed by atoms with van der Waals surface area (Å²) in [6.45, 7) is 1.95. The first-order valence-electron chi connectivity index (χ1n) is 12.3. The highest BCUT2D eigenvalue weighted by molar-refractivity contribution is 6.06. The SMILES string of the molecule is CC(NC(=O)c1cccc(NC(=O)CNc2ccc(C(=O)N(C)c3ccccc3)cc2)c1)c1ccccc1. The van der Waals surface area contributed by atoms with Gasteiger partial charge in [0.2, 0.25) is 5.91 Å². The van der Waals surface area contributed by atoms with Crippen LogP contribution in [0.2, 0.25) is 0 Å². The normalized spacial score (nSPS) is 11.2. The summed E-state index contributed by atoms with van der Waals surface area (Å²) in [5.74, 6) is -0.602. The van der Waals surface area contributed by atoms with Crippen LogP contribution >= 0.6 is 0 Å². The second kappa shape index (κ2) is 12.4. The molecule has 3 amide bonds. The molecule has 0 heterocycles. The Bertz CT molecular complexity index is 1390. The van der Waals surface area contributed by atoms with Gasteiger partial charge in [-0.05, 0) is 67.1 Å². The standard InChI is InChI=1S/C31H30N4O3/c1-22(23-10-5-3-6-11-23)33-30(37)25-12-9-13-27(20-25)34-29(36)21-32-26-18-16-24(17-19-26)31(38)35(2)28-14-7-4-8-15-28/h3-20,22,32H,21H2,1-2H3,(H,33,37)(H,34,36). The van der Waals surface area contributed by atoms with E-state index >= 15 is 0 Å². The minimum atomic E-state index is -0.260. The van der Waals surface area contributed by atoms with Crippen molar-refractivity contribution in [2.75, 3.05) is 29.1 Å². The van der Waals surface area contributed by atoms with Crippen molar-refractivity contribution in [2.24, 2.45) is 0 Å². The van der Waals surface area contributed by atoms with E-state index in [9.17, 15) is 14.4 Å². The molecule has 0 saturated carbocycles. The first kappa shape index (κ1) is 26.2. The molecule has 38 heavy (non-hydrogen) atoms. The Morgan fingerprint density at radius 1 is 0.737 bits per heavy atom. The highest BCUT2D eigenvalue weighted by atomic mass is 16.2. The van der Waals surface area contributed by atoms with Gasteiger partial charge in [0.15, 0.2) is 0 Å². The van der Waals surface area contributed by atoms with Crippen LogP contribution in [0.5, 0.6) is 0 Å². The van der Waals surface area contributed by atoms with E-state index in [1.54, 1.807) is 60.5 Å². The number of hydrogen-bond donors (Lipinski definition) is 3. The third-order valence-corrected chi connectivity index (χ3v) is 6.09. The maximum absolute atomic E-state index is 12.7. The summed E-state index contributed by atoms with van der Waals surface area (Å²) in [4.78, 5) is 39.6. The Hall–Kier alpha value is -4.91. The van der Waals surface area contributed by atoms with Crippen molar-refractivity contribution in [3.05, 3.63) is 126 Å². The van der Waals surface area contributed by atoms with E-state index in [4.69, 9.17) is 0 Å². The minimum Gasteiger partial charge on any atom is -0.376 e. The van der Waals surface area contributed by atoms with Gasteiger partial charge in [0, 0.05) is 35.2 Å². The summed E-state index contributed by atoms with van der Waals surface area (Å²) in [6, 6.07) is 32.8. The molecule has 7 heteroatoms. The van der Waals surface area contributed by atoms with Crippen LogP contribution < -0.4 is 20.9 Å². The van der Waals surface area contributed by atoms with E-state index in [0.717, 1.165) is 11.3 Å². The lowest BCUT2D eigenvalue weighted by molar-refractivity contribution is -0.114. The summed E-state index contributed by atoms with van der Waals surface area (Å²) in [6.07, 6.45) is 0. The molecule has 0 spiro atoms. The molecule has 4 aromatic rings. The van der Waals surface area contributed by atoms with Gasteiger partial charge in [-0.3, -0.25) is 14.4 Å². The Labute approximate surface area is 222 Å². The third kappa shape index (κ3) is 6.85. The van der Waals surface area contributed by atoms with Crippen LogP contribution in [0.25, 0.3) is 0 Å². The van der Waals surface area contributed by atoms with Gasteiger partial charge in [-0.15, -0.1) is 0 Å². The number of anilines is 3. The van der Waals surface area contributed by atoms with Crippen molar-refractivity contribution in [1.82, 2.24) is 5.32 Å². The lowest BCUT2D eigenvalue weighted by Gasteiger charge is -2.17. The van der Waals surface area contributed by atoms with Crippen LogP contribution in [0.1, 0.15) is 39.2 Å². The average molecular weight is 507 g/mol. The van der Waals surface area contributed by atoms with Gasteiger partial charge in [-0.1, -0.05) is 54.6 Å². The van der Waals surface area contributed by atoms with Crippen LogP contribution in [-0.4, -0.2) is 31.3 Å². The van der Waals surface area contributed by atoms with Crippen LogP contribution in [0.15, 0.2) is 109 Å². The van der Waals surface area contributed by atoms with Gasteiger partial charge in [0.25, 0.3) is 11.8 Å². The first-order chi connectivity index (χ1) is 18.4. The fraction of sp³-hybridized carbons (Fsp3) is 0.129. The number of amides is 3. The highest BCUT2D eigenvalue weighted by Gasteiger charge is 2.14. The van der Waals surface area contributed by atoms with Gasteiger partial charge in [0.05, 0.1) is 12.6 Å². The molecular weight excluding hydrogens is 476 g/mol. The lowest BCUT2D eigenvalue weighted by atomic mass is 10.1. The smallest absolute Gasteiger partial charge is 0.258 e. The van der Waals surface area contributed by atoms with Crippen LogP contribution in [0.4, 0.5) is 17.1 Å². The Morgan fingerprint density at radius 3 is 2.08 bits per heavy atom. The van der Waals surface area contributed by atoms with Crippen molar-refractivity contribution >= 4 is 34.8 Å². The number of nitrogens with zero attached hydrogens (tertiary/aromatic N) is 1. The zero-order valence-corrected chi connectivity index (χ0v) is 21.3. The number of carbonyl (C=O) groups excluding carboxylic acids is 3. The van der Waals surface area contributed by atoms with E-state index < -0.39 is 0 Å². The maximum atomic E-state index is 12.7. The van der Waals surface area contributed by atoms with E-state index in [0.29, 0.717) is 22.5 Å². The predicted molar refractivity (Wildman–Crippen MR) is 152 cm³/mol. The maximum Gasteiger partial charge on any atom is 0.258 e. The molecule has 0 bridgehead atoms. The monoisotopic (exact) mass is 506 g/mol. The number of para-hydroxylation sites is 1. The molecule has 0 aliphatic carbocycles. The molecule has 3 N–H and O–H groups in total. The van der Waals surface area contributed by atoms with Gasteiger partial charge in [-0.25, -0.2) is 0 Å². The molecule has 0 aromatic heterocycles. The van der Waals surface area contributed by atoms with Gasteiger partial charge in [0.1, 0.15) is 0 Å². The largest absolute Gasteiger partial charge is 0.376 e. The van der Waals surface area contributed by atoms with Gasteiger partial charge >= 0.3 is 0 Å². The van der Waals surface area contributed by atoms with Crippen LogP contribution in [0.3, 0.4) is 0 Å². The van der Waals surface area contributed by atoms with Crippen molar-refractivity contribution in [1.29, 1.82) is 0 Å². The second-order valence-electron chi connectivity index (χ2n) is 8.87. The number of rotatable bonds is 9. The van der Waals surface area contributed by atoms with Gasteiger partial charge in [-0.2, -0.15) is 0 Å². The van der Waals surface area contributed by atoms with E-state index in [2.05, 4.69) is 16.0 Å². The molecule has 192 valence electrons. The summed E-state index contributed by atoms with van der Waals surface area (Å²) in [5.41, 5.74) is 4.06. The number of benzene rings is 4. The summed E-state index contributed by atoms with van der Waals surface area (Å²) in [7, 11) is 1.73. The Balaban J connectivity index is 1.29. The zero-order chi connectivity index (χ0) is 26.9. The summed E-state index contributed by atoms with van der Waals surface area (Å²) < 4.78 is 0. The predicted octanol–water partition coefficient (Wildman–Crippen LogP) is 5.50. The van der Waals surface area contributed by atoms with E-state index in [-0.39, 0.29) is 30.3 Å². The fourth-order valence-corrected chi connectivity index (χ4v) is 3.92. The van der Waals surface area contributed by atoms with E-state index in [1.165, 1.54) is 0 Å². The van der Waals surface area contributed by atoms with Crippen molar-refractivity contribution in [2.45, 2.75) is 13.0 Å². The molecule has 0 radical (unpaired) electrons. The Morgan fingerprint density at radius 2 is 1.39 bits per heavy atom. The number of hydrogen-bond acceptors (Lipinski definition) is 4. The molecule has 4 aromatic carbocycles. The van der Waals surface area contributed by atoms with Gasteiger partial charge < -0.3 is 20.9 Å². The molecule has 1 atom stereocenters. The summed E-state index contributed by atoms with van der Waals surface area (Å²) >= 11 is 0. The van der Waals surface area contributed by atoms with E-state index in [1.807, 2.05) is 67.6 Å². The second-order valence-corrected chi connectivity index (χ2v) is 8.87. The third-order valence-electron chi connectivity index (χ3n) is 6.09. The highest BCUT2D eigenvalue weighted by Crippen LogP contribution is 2.17. The number of nitrogens with one attached hydrogen (secondary N) is 3. The molecule has 0 fully saturated rings. The van der Waals surface area contributed by atoms with Crippen LogP contribution in [0, 0.1) is 0 Å². The number of carbonyl (C=O) groups is 3. The molecular formula is C31H30N4O3. The fourth-order valence-electron chi connectivity index (χ4n) is 3.92. The van der Waals surface area contributed by atoms with Crippen molar-refractivity contribution in [3.8, 4) is 0 Å². The molecule has 4 rings (SSSR count). The zero-order valence-electron chi connectivity index (χ0n) is 21.3. The quantitative estimate of drug-likeness (QED) is 0.279. The Kier molecular flexibility index (Phi) is 8.51. The van der Waals surface area contributed by atoms with Crippen LogP contribution in [-0.2, 0) is 4.79 Å². The van der Waals surface area contributed by atoms with Crippen molar-refractivity contribution in [3.63, 3.8) is 0 Å².